The molecular weight excluding hydrogens is 288 g/mol. The molecule has 4 nitrogen and oxygen atoms in total. The summed E-state index contributed by atoms with van der Waals surface area (Å²) in [5.74, 6) is -0.0691. The number of ether oxygens (including phenoxy) is 1. The molecule has 1 heterocycles. The molecule has 21 heavy (non-hydrogen) atoms. The van der Waals surface area contributed by atoms with Crippen molar-refractivity contribution in [3.63, 3.8) is 0 Å². The van der Waals surface area contributed by atoms with Crippen molar-refractivity contribution in [2.24, 2.45) is 5.41 Å². The van der Waals surface area contributed by atoms with Crippen molar-refractivity contribution in [2.45, 2.75) is 39.0 Å². The Morgan fingerprint density at radius 2 is 2.24 bits per heavy atom. The van der Waals surface area contributed by atoms with Gasteiger partial charge in [-0.05, 0) is 43.2 Å². The third kappa shape index (κ3) is 4.68. The number of aryl methyl sites for hydroxylation is 1. The molecule has 5 heteroatoms. The first-order valence-corrected chi connectivity index (χ1v) is 7.90. The first-order chi connectivity index (χ1) is 10.1. The van der Waals surface area contributed by atoms with Crippen LogP contribution in [0.4, 0.5) is 0 Å². The van der Waals surface area contributed by atoms with Crippen LogP contribution >= 0.6 is 11.6 Å². The average molecular weight is 311 g/mol. The summed E-state index contributed by atoms with van der Waals surface area (Å²) in [7, 11) is 1.71. The van der Waals surface area contributed by atoms with E-state index in [1.54, 1.807) is 13.2 Å². The monoisotopic (exact) mass is 310 g/mol. The molecule has 0 bridgehead atoms. The number of halogens is 1. The quantitative estimate of drug-likeness (QED) is 0.750. The van der Waals surface area contributed by atoms with E-state index in [-0.39, 0.29) is 11.3 Å². The van der Waals surface area contributed by atoms with Crippen LogP contribution in [-0.4, -0.2) is 31.2 Å². The number of rotatable bonds is 8. The van der Waals surface area contributed by atoms with Crippen LogP contribution in [0, 0.1) is 5.41 Å². The number of methoxy groups -OCH3 is 1. The molecule has 2 rings (SSSR count). The Hall–Kier alpha value is -1.13. The molecular formula is C16H23ClN2O2. The van der Waals surface area contributed by atoms with E-state index in [0.717, 1.165) is 44.4 Å². The summed E-state index contributed by atoms with van der Waals surface area (Å²) in [6.45, 7) is 3.53. The summed E-state index contributed by atoms with van der Waals surface area (Å²) in [4.78, 5) is 16.5. The van der Waals surface area contributed by atoms with Crippen LogP contribution in [0.25, 0.3) is 0 Å². The van der Waals surface area contributed by atoms with Crippen molar-refractivity contribution in [3.8, 4) is 0 Å². The summed E-state index contributed by atoms with van der Waals surface area (Å²) in [5, 5.41) is 3.41. The molecule has 116 valence electrons. The summed E-state index contributed by atoms with van der Waals surface area (Å²) in [5.41, 5.74) is 1.71. The number of pyridine rings is 1. The number of aromatic nitrogens is 1. The predicted octanol–water partition coefficient (Wildman–Crippen LogP) is 3.23. The van der Waals surface area contributed by atoms with Crippen LogP contribution in [0.5, 0.6) is 0 Å². The second-order valence-corrected chi connectivity index (χ2v) is 6.23. The van der Waals surface area contributed by atoms with E-state index in [1.165, 1.54) is 0 Å². The summed E-state index contributed by atoms with van der Waals surface area (Å²) in [6, 6.07) is 3.46. The molecule has 1 aromatic heterocycles. The predicted molar refractivity (Wildman–Crippen MR) is 83.7 cm³/mol. The molecule has 0 saturated heterocycles. The van der Waals surface area contributed by atoms with E-state index in [0.29, 0.717) is 17.3 Å². The van der Waals surface area contributed by atoms with Crippen LogP contribution in [0.3, 0.4) is 0 Å². The lowest BCUT2D eigenvalue weighted by Crippen LogP contribution is -2.31. The zero-order valence-electron chi connectivity index (χ0n) is 12.7. The Labute approximate surface area is 131 Å². The maximum absolute atomic E-state index is 12.3. The van der Waals surface area contributed by atoms with Gasteiger partial charge in [0.05, 0.1) is 0 Å². The smallest absolute Gasteiger partial charge is 0.251 e. The van der Waals surface area contributed by atoms with E-state index in [4.69, 9.17) is 16.3 Å². The van der Waals surface area contributed by atoms with Gasteiger partial charge in [-0.25, -0.2) is 4.98 Å². The molecule has 1 aliphatic rings. The van der Waals surface area contributed by atoms with Crippen molar-refractivity contribution >= 4 is 17.5 Å². The number of carbonyl (C=O) groups is 1. The zero-order chi connectivity index (χ0) is 15.3. The van der Waals surface area contributed by atoms with Gasteiger partial charge in [0.25, 0.3) is 5.91 Å². The van der Waals surface area contributed by atoms with E-state index >= 15 is 0 Å². The standard InChI is InChI=1S/C16H23ClN2O2/c1-3-4-13-9-12(10-14(17)19-13)15(20)18-11-16(5-6-16)7-8-21-2/h9-10H,3-8,11H2,1-2H3,(H,18,20). The van der Waals surface area contributed by atoms with E-state index < -0.39 is 0 Å². The highest BCUT2D eigenvalue weighted by Gasteiger charge is 2.42. The molecule has 1 aromatic rings. The molecule has 0 spiro atoms. The number of nitrogens with zero attached hydrogens (tertiary/aromatic N) is 1. The Morgan fingerprint density at radius 1 is 1.48 bits per heavy atom. The lowest BCUT2D eigenvalue weighted by Gasteiger charge is -2.15. The van der Waals surface area contributed by atoms with Gasteiger partial charge in [0.2, 0.25) is 0 Å². The van der Waals surface area contributed by atoms with E-state index in [2.05, 4.69) is 17.2 Å². The maximum Gasteiger partial charge on any atom is 0.251 e. The van der Waals surface area contributed by atoms with Crippen LogP contribution in [0.2, 0.25) is 5.15 Å². The van der Waals surface area contributed by atoms with Gasteiger partial charge in [0, 0.05) is 31.5 Å². The lowest BCUT2D eigenvalue weighted by atomic mass is 10.0. The molecule has 1 aliphatic carbocycles. The second-order valence-electron chi connectivity index (χ2n) is 5.85. The Morgan fingerprint density at radius 3 is 2.86 bits per heavy atom. The normalized spacial score (nSPS) is 15.8. The SMILES string of the molecule is CCCc1cc(C(=O)NCC2(CCOC)CC2)cc(Cl)n1. The Balaban J connectivity index is 1.94. The third-order valence-electron chi connectivity index (χ3n) is 4.03. The van der Waals surface area contributed by atoms with Crippen LogP contribution < -0.4 is 5.32 Å². The molecule has 1 fully saturated rings. The van der Waals surface area contributed by atoms with Crippen molar-refractivity contribution in [1.29, 1.82) is 0 Å². The van der Waals surface area contributed by atoms with E-state index in [1.807, 2.05) is 6.07 Å². The van der Waals surface area contributed by atoms with Gasteiger partial charge in [-0.1, -0.05) is 24.9 Å². The van der Waals surface area contributed by atoms with Crippen molar-refractivity contribution in [1.82, 2.24) is 10.3 Å². The van der Waals surface area contributed by atoms with Crippen molar-refractivity contribution < 1.29 is 9.53 Å². The van der Waals surface area contributed by atoms with Crippen molar-refractivity contribution in [3.05, 3.63) is 28.5 Å². The molecule has 0 radical (unpaired) electrons. The van der Waals surface area contributed by atoms with Crippen LogP contribution in [-0.2, 0) is 11.2 Å². The molecule has 0 unspecified atom stereocenters. The number of amides is 1. The van der Waals surface area contributed by atoms with E-state index in [9.17, 15) is 4.79 Å². The summed E-state index contributed by atoms with van der Waals surface area (Å²) >= 11 is 5.99. The van der Waals surface area contributed by atoms with Gasteiger partial charge in [-0.3, -0.25) is 4.79 Å². The Kier molecular flexibility index (Phi) is 5.59. The van der Waals surface area contributed by atoms with Crippen LogP contribution in [0.1, 0.15) is 48.7 Å². The minimum atomic E-state index is -0.0691. The second kappa shape index (κ2) is 7.23. The highest BCUT2D eigenvalue weighted by Crippen LogP contribution is 2.48. The van der Waals surface area contributed by atoms with Gasteiger partial charge in [-0.15, -0.1) is 0 Å². The average Bonchev–Trinajstić information content (AvgIpc) is 3.23. The number of carbonyl (C=O) groups excluding carboxylic acids is 1. The highest BCUT2D eigenvalue weighted by atomic mass is 35.5. The summed E-state index contributed by atoms with van der Waals surface area (Å²) in [6.07, 6.45) is 5.14. The van der Waals surface area contributed by atoms with Gasteiger partial charge < -0.3 is 10.1 Å². The minimum absolute atomic E-state index is 0.0691. The van der Waals surface area contributed by atoms with Crippen molar-refractivity contribution in [2.75, 3.05) is 20.3 Å². The number of hydrogen-bond donors (Lipinski definition) is 1. The number of nitrogens with one attached hydrogen (secondary N) is 1. The Bertz CT molecular complexity index is 501. The molecule has 1 saturated carbocycles. The molecule has 0 aliphatic heterocycles. The van der Waals surface area contributed by atoms with Gasteiger partial charge in [-0.2, -0.15) is 0 Å². The molecule has 0 aromatic carbocycles. The zero-order valence-corrected chi connectivity index (χ0v) is 13.5. The fourth-order valence-corrected chi connectivity index (χ4v) is 2.67. The largest absolute Gasteiger partial charge is 0.385 e. The fraction of sp³-hybridized carbons (Fsp3) is 0.625. The minimum Gasteiger partial charge on any atom is -0.385 e. The lowest BCUT2D eigenvalue weighted by molar-refractivity contribution is 0.0937. The first-order valence-electron chi connectivity index (χ1n) is 7.52. The van der Waals surface area contributed by atoms with Crippen LogP contribution in [0.15, 0.2) is 12.1 Å². The third-order valence-corrected chi connectivity index (χ3v) is 4.23. The maximum atomic E-state index is 12.3. The van der Waals surface area contributed by atoms with Gasteiger partial charge >= 0.3 is 0 Å². The molecule has 1 amide bonds. The highest BCUT2D eigenvalue weighted by molar-refractivity contribution is 6.29. The first kappa shape index (κ1) is 16.2. The summed E-state index contributed by atoms with van der Waals surface area (Å²) < 4.78 is 5.13. The number of hydrogen-bond acceptors (Lipinski definition) is 3. The van der Waals surface area contributed by atoms with Gasteiger partial charge in [0.1, 0.15) is 5.15 Å². The molecule has 1 N–H and O–H groups in total. The van der Waals surface area contributed by atoms with Gasteiger partial charge in [0.15, 0.2) is 0 Å². The molecule has 0 atom stereocenters. The fourth-order valence-electron chi connectivity index (χ4n) is 2.45. The topological polar surface area (TPSA) is 51.2 Å².